The van der Waals surface area contributed by atoms with E-state index < -0.39 is 12.0 Å². The normalized spacial score (nSPS) is 17.0. The summed E-state index contributed by atoms with van der Waals surface area (Å²) in [6.45, 7) is 11.0. The van der Waals surface area contributed by atoms with Crippen molar-refractivity contribution in [1.82, 2.24) is 0 Å². The van der Waals surface area contributed by atoms with Crippen LogP contribution in [0.4, 0.5) is 5.69 Å². The molecular weight excluding hydrogens is 338 g/mol. The Labute approximate surface area is 162 Å². The number of aliphatic hydroxyl groups excluding tert-OH is 1. The summed E-state index contributed by atoms with van der Waals surface area (Å²) in [6.07, 6.45) is 0.838. The van der Waals surface area contributed by atoms with E-state index in [4.69, 9.17) is 4.74 Å². The van der Waals surface area contributed by atoms with Crippen LogP contribution in [0.5, 0.6) is 5.75 Å². The molecule has 0 radical (unpaired) electrons. The first-order valence-electron chi connectivity index (χ1n) is 9.59. The number of aryl methyl sites for hydroxylation is 2. The van der Waals surface area contributed by atoms with E-state index in [9.17, 15) is 10.2 Å². The number of phenolic OH excluding ortho intramolecular Hbond substituents is 1. The molecule has 0 bridgehead atoms. The van der Waals surface area contributed by atoms with Crippen molar-refractivity contribution in [3.05, 3.63) is 59.2 Å². The number of phenols is 1. The Hall–Kier alpha value is -2.04. The van der Waals surface area contributed by atoms with E-state index in [0.29, 0.717) is 5.75 Å². The highest BCUT2D eigenvalue weighted by molar-refractivity contribution is 5.63. The fraction of sp³-hybridized carbons (Fsp3) is 0.478. The highest BCUT2D eigenvalue weighted by atomic mass is 16.6. The number of hydrogen-bond donors (Lipinski definition) is 2. The topological polar surface area (TPSA) is 52.9 Å². The lowest BCUT2D eigenvalue weighted by atomic mass is 9.85. The molecule has 0 amide bonds. The summed E-state index contributed by atoms with van der Waals surface area (Å²) < 4.78 is 5.78. The molecule has 0 fully saturated rings. The third-order valence-electron chi connectivity index (χ3n) is 5.00. The lowest BCUT2D eigenvalue weighted by Gasteiger charge is -2.32. The number of aliphatic hydroxyl groups is 1. The molecule has 2 aromatic carbocycles. The van der Waals surface area contributed by atoms with Crippen LogP contribution < -0.4 is 4.90 Å². The largest absolute Gasteiger partial charge is 0.508 e. The van der Waals surface area contributed by atoms with Crippen LogP contribution >= 0.6 is 0 Å². The minimum absolute atomic E-state index is 0.0570. The van der Waals surface area contributed by atoms with E-state index in [0.717, 1.165) is 30.6 Å². The van der Waals surface area contributed by atoms with Gasteiger partial charge in [0.05, 0.1) is 5.60 Å². The first-order chi connectivity index (χ1) is 12.5. The van der Waals surface area contributed by atoms with Gasteiger partial charge in [0.2, 0.25) is 6.41 Å². The number of aromatic hydroxyl groups is 1. The molecule has 2 aromatic rings. The van der Waals surface area contributed by atoms with Gasteiger partial charge < -0.3 is 19.8 Å². The van der Waals surface area contributed by atoms with Crippen molar-refractivity contribution >= 4 is 5.69 Å². The summed E-state index contributed by atoms with van der Waals surface area (Å²) >= 11 is 0. The predicted octanol–water partition coefficient (Wildman–Crippen LogP) is 4.37. The fourth-order valence-corrected chi connectivity index (χ4v) is 3.71. The number of benzene rings is 2. The molecule has 2 N–H and O–H groups in total. The molecule has 0 saturated heterocycles. The van der Waals surface area contributed by atoms with Crippen LogP contribution in [0.15, 0.2) is 42.5 Å². The van der Waals surface area contributed by atoms with Crippen LogP contribution in [-0.4, -0.2) is 28.8 Å². The van der Waals surface area contributed by atoms with Gasteiger partial charge in [-0.05, 0) is 68.5 Å². The van der Waals surface area contributed by atoms with Crippen LogP contribution in [0.1, 0.15) is 51.3 Å². The quantitative estimate of drug-likeness (QED) is 0.769. The van der Waals surface area contributed by atoms with E-state index in [1.165, 1.54) is 11.1 Å². The Kier molecular flexibility index (Phi) is 5.24. The number of hydrogen-bond acceptors (Lipinski definition) is 4. The van der Waals surface area contributed by atoms with E-state index in [-0.39, 0.29) is 5.41 Å². The monoisotopic (exact) mass is 369 g/mol. The Balaban J connectivity index is 1.79. The molecule has 0 spiro atoms. The Morgan fingerprint density at radius 2 is 1.74 bits per heavy atom. The second-order valence-corrected chi connectivity index (χ2v) is 9.09. The van der Waals surface area contributed by atoms with Gasteiger partial charge in [-0.3, -0.25) is 0 Å². The SMILES string of the molecule is CC(C)(C)OC(O)N1CC(C)(C)c2cc(CCc3cccc(O)c3)ccc21. The third kappa shape index (κ3) is 4.63. The van der Waals surface area contributed by atoms with Crippen molar-refractivity contribution < 1.29 is 14.9 Å². The Morgan fingerprint density at radius 1 is 1.07 bits per heavy atom. The van der Waals surface area contributed by atoms with E-state index >= 15 is 0 Å². The summed E-state index contributed by atoms with van der Waals surface area (Å²) in [5, 5.41) is 20.2. The summed E-state index contributed by atoms with van der Waals surface area (Å²) in [6, 6.07) is 13.9. The van der Waals surface area contributed by atoms with Crippen molar-refractivity contribution in [2.24, 2.45) is 0 Å². The van der Waals surface area contributed by atoms with Gasteiger partial charge in [0.1, 0.15) is 5.75 Å². The number of rotatable bonds is 5. The number of ether oxygens (including phenoxy) is 1. The van der Waals surface area contributed by atoms with Gasteiger partial charge >= 0.3 is 0 Å². The molecule has 0 aromatic heterocycles. The highest BCUT2D eigenvalue weighted by Crippen LogP contribution is 2.42. The summed E-state index contributed by atoms with van der Waals surface area (Å²) in [4.78, 5) is 1.94. The van der Waals surface area contributed by atoms with E-state index in [1.807, 2.05) is 43.9 Å². The number of nitrogens with zero attached hydrogens (tertiary/aromatic N) is 1. The maximum absolute atomic E-state index is 10.6. The Morgan fingerprint density at radius 3 is 2.37 bits per heavy atom. The first kappa shape index (κ1) is 19.7. The summed E-state index contributed by atoms with van der Waals surface area (Å²) in [5.41, 5.74) is 4.21. The second-order valence-electron chi connectivity index (χ2n) is 9.09. The zero-order valence-corrected chi connectivity index (χ0v) is 17.0. The molecule has 1 atom stereocenters. The first-order valence-corrected chi connectivity index (χ1v) is 9.59. The molecule has 1 aliphatic rings. The average molecular weight is 370 g/mol. The fourth-order valence-electron chi connectivity index (χ4n) is 3.71. The standard InChI is InChI=1S/C23H31NO3/c1-22(2,3)27-21(26)24-15-23(4,5)19-14-17(11-12-20(19)24)10-9-16-7-6-8-18(25)13-16/h6-8,11-14,21,25-26H,9-10,15H2,1-5H3. The van der Waals surface area contributed by atoms with Crippen LogP contribution in [0.2, 0.25) is 0 Å². The molecule has 146 valence electrons. The van der Waals surface area contributed by atoms with Crippen LogP contribution in [0.25, 0.3) is 0 Å². The lowest BCUT2D eigenvalue weighted by molar-refractivity contribution is -0.164. The molecular formula is C23H31NO3. The zero-order chi connectivity index (χ0) is 19.8. The molecule has 4 nitrogen and oxygen atoms in total. The highest BCUT2D eigenvalue weighted by Gasteiger charge is 2.39. The van der Waals surface area contributed by atoms with Crippen molar-refractivity contribution in [3.63, 3.8) is 0 Å². The van der Waals surface area contributed by atoms with Crippen molar-refractivity contribution in [3.8, 4) is 5.75 Å². The molecule has 1 unspecified atom stereocenters. The van der Waals surface area contributed by atoms with Gasteiger partial charge in [-0.1, -0.05) is 38.1 Å². The average Bonchev–Trinajstić information content (AvgIpc) is 2.83. The molecule has 3 rings (SSSR count). The molecule has 4 heteroatoms. The summed E-state index contributed by atoms with van der Waals surface area (Å²) in [5.74, 6) is 0.311. The van der Waals surface area contributed by atoms with Crippen LogP contribution in [-0.2, 0) is 23.0 Å². The van der Waals surface area contributed by atoms with Gasteiger partial charge in [0.25, 0.3) is 0 Å². The minimum atomic E-state index is -0.955. The zero-order valence-electron chi connectivity index (χ0n) is 17.0. The minimum Gasteiger partial charge on any atom is -0.508 e. The van der Waals surface area contributed by atoms with Crippen molar-refractivity contribution in [2.75, 3.05) is 11.4 Å². The van der Waals surface area contributed by atoms with Crippen LogP contribution in [0, 0.1) is 0 Å². The van der Waals surface area contributed by atoms with E-state index in [1.54, 1.807) is 6.07 Å². The van der Waals surface area contributed by atoms with Crippen molar-refractivity contribution in [1.29, 1.82) is 0 Å². The number of fused-ring (bicyclic) bond motifs is 1. The number of anilines is 1. The van der Waals surface area contributed by atoms with E-state index in [2.05, 4.69) is 32.0 Å². The van der Waals surface area contributed by atoms with Gasteiger partial charge in [-0.15, -0.1) is 0 Å². The van der Waals surface area contributed by atoms with Crippen molar-refractivity contribution in [2.45, 2.75) is 64.9 Å². The molecule has 0 aliphatic carbocycles. The lowest BCUT2D eigenvalue weighted by Crippen LogP contribution is -2.43. The molecule has 1 aliphatic heterocycles. The summed E-state index contributed by atoms with van der Waals surface area (Å²) in [7, 11) is 0. The van der Waals surface area contributed by atoms with Gasteiger partial charge in [-0.25, -0.2) is 0 Å². The maximum Gasteiger partial charge on any atom is 0.238 e. The predicted molar refractivity (Wildman–Crippen MR) is 109 cm³/mol. The molecule has 1 heterocycles. The molecule has 27 heavy (non-hydrogen) atoms. The second kappa shape index (κ2) is 7.17. The smallest absolute Gasteiger partial charge is 0.238 e. The van der Waals surface area contributed by atoms with Gasteiger partial charge in [-0.2, -0.15) is 0 Å². The van der Waals surface area contributed by atoms with Crippen LogP contribution in [0.3, 0.4) is 0 Å². The Bertz CT molecular complexity index is 808. The molecule has 0 saturated carbocycles. The third-order valence-corrected chi connectivity index (χ3v) is 5.00. The van der Waals surface area contributed by atoms with Gasteiger partial charge in [0.15, 0.2) is 0 Å². The maximum atomic E-state index is 10.6. The van der Waals surface area contributed by atoms with Gasteiger partial charge in [0, 0.05) is 17.6 Å².